The molecule has 150 valence electrons. The Bertz CT molecular complexity index is 1080. The Morgan fingerprint density at radius 3 is 2.79 bits per heavy atom. The van der Waals surface area contributed by atoms with Gasteiger partial charge in [-0.1, -0.05) is 42.8 Å². The average Bonchev–Trinajstić information content (AvgIpc) is 3.29. The predicted molar refractivity (Wildman–Crippen MR) is 114 cm³/mol. The molecular formula is C25H29N3O. The van der Waals surface area contributed by atoms with E-state index in [1.807, 2.05) is 18.2 Å². The van der Waals surface area contributed by atoms with Gasteiger partial charge in [0, 0.05) is 17.5 Å². The molecule has 1 heterocycles. The van der Waals surface area contributed by atoms with Gasteiger partial charge in [0.25, 0.3) is 0 Å². The van der Waals surface area contributed by atoms with E-state index < -0.39 is 0 Å². The Morgan fingerprint density at radius 1 is 1.03 bits per heavy atom. The first-order valence-corrected chi connectivity index (χ1v) is 11.3. The topological polar surface area (TPSA) is 47.8 Å². The third kappa shape index (κ3) is 2.29. The van der Waals surface area contributed by atoms with Gasteiger partial charge in [-0.25, -0.2) is 4.68 Å². The molecule has 0 aliphatic heterocycles. The van der Waals surface area contributed by atoms with Crippen molar-refractivity contribution < 1.29 is 4.79 Å². The summed E-state index contributed by atoms with van der Waals surface area (Å²) in [6.45, 7) is 4.93. The normalized spacial score (nSPS) is 38.8. The monoisotopic (exact) mass is 387 g/mol. The van der Waals surface area contributed by atoms with Crippen LogP contribution in [-0.2, 0) is 4.79 Å². The molecule has 0 saturated heterocycles. The van der Waals surface area contributed by atoms with Gasteiger partial charge in [0.2, 0.25) is 0 Å². The number of carbonyl (C=O) groups excluding carboxylic acids is 1. The fraction of sp³-hybridized carbons (Fsp3) is 0.560. The first kappa shape index (κ1) is 17.6. The predicted octanol–water partition coefficient (Wildman–Crippen LogP) is 5.41. The van der Waals surface area contributed by atoms with Crippen LogP contribution in [-0.4, -0.2) is 20.8 Å². The van der Waals surface area contributed by atoms with Gasteiger partial charge >= 0.3 is 0 Å². The van der Waals surface area contributed by atoms with Crippen molar-refractivity contribution in [3.8, 4) is 0 Å². The van der Waals surface area contributed by atoms with Crippen LogP contribution < -0.4 is 0 Å². The third-order valence-electron chi connectivity index (χ3n) is 9.08. The maximum Gasteiger partial charge on any atom is 0.155 e. The van der Waals surface area contributed by atoms with Crippen LogP contribution in [0.1, 0.15) is 58.8 Å². The van der Waals surface area contributed by atoms with Crippen molar-refractivity contribution in [1.29, 1.82) is 0 Å². The molecule has 1 aromatic carbocycles. The zero-order valence-electron chi connectivity index (χ0n) is 17.4. The molecule has 4 aliphatic rings. The highest BCUT2D eigenvalue weighted by molar-refractivity contribution is 5.91. The zero-order valence-corrected chi connectivity index (χ0v) is 17.4. The maximum atomic E-state index is 12.0. The Labute approximate surface area is 172 Å². The molecule has 3 unspecified atom stereocenters. The minimum atomic E-state index is 0.166. The van der Waals surface area contributed by atoms with Crippen LogP contribution in [0.15, 0.2) is 42.0 Å². The molecule has 0 spiro atoms. The number of ketones is 1. The number of allylic oxidation sites excluding steroid dienone is 4. The van der Waals surface area contributed by atoms with Crippen LogP contribution in [0.3, 0.4) is 0 Å². The zero-order chi connectivity index (χ0) is 19.8. The van der Waals surface area contributed by atoms with Gasteiger partial charge in [-0.2, -0.15) is 0 Å². The number of hydrogen-bond donors (Lipinski definition) is 0. The number of nitrogens with zero attached hydrogens (tertiary/aromatic N) is 3. The molecule has 1 aromatic heterocycles. The summed E-state index contributed by atoms with van der Waals surface area (Å²) < 4.78 is 2.12. The highest BCUT2D eigenvalue weighted by Crippen LogP contribution is 2.66. The Morgan fingerprint density at radius 2 is 1.90 bits per heavy atom. The molecule has 29 heavy (non-hydrogen) atoms. The van der Waals surface area contributed by atoms with Crippen LogP contribution in [0.4, 0.5) is 0 Å². The molecule has 2 saturated carbocycles. The summed E-state index contributed by atoms with van der Waals surface area (Å²) in [6.07, 6.45) is 12.2. The van der Waals surface area contributed by atoms with Gasteiger partial charge in [0.15, 0.2) is 5.78 Å². The minimum absolute atomic E-state index is 0.166. The maximum absolute atomic E-state index is 12.0. The van der Waals surface area contributed by atoms with E-state index in [2.05, 4.69) is 47.1 Å². The largest absolute Gasteiger partial charge is 0.295 e. The second kappa shape index (κ2) is 5.90. The minimum Gasteiger partial charge on any atom is -0.295 e. The lowest BCUT2D eigenvalue weighted by atomic mass is 9.47. The second-order valence-electron chi connectivity index (χ2n) is 10.2. The van der Waals surface area contributed by atoms with Crippen molar-refractivity contribution in [2.45, 2.75) is 58.8 Å². The van der Waals surface area contributed by atoms with E-state index >= 15 is 0 Å². The van der Waals surface area contributed by atoms with E-state index in [9.17, 15) is 4.79 Å². The Kier molecular flexibility index (Phi) is 3.58. The number of para-hydroxylation sites is 1. The van der Waals surface area contributed by atoms with Crippen LogP contribution in [0, 0.1) is 28.6 Å². The molecule has 0 radical (unpaired) electrons. The van der Waals surface area contributed by atoms with Crippen molar-refractivity contribution in [2.75, 3.05) is 0 Å². The van der Waals surface area contributed by atoms with Crippen molar-refractivity contribution in [1.82, 2.24) is 15.0 Å². The molecule has 6 rings (SSSR count). The van der Waals surface area contributed by atoms with E-state index in [0.29, 0.717) is 17.6 Å². The molecule has 4 nitrogen and oxygen atoms in total. The fourth-order valence-electron chi connectivity index (χ4n) is 7.48. The lowest BCUT2D eigenvalue weighted by Gasteiger charge is -2.57. The lowest BCUT2D eigenvalue weighted by molar-refractivity contribution is -0.117. The SMILES string of the molecule is C[C@]12CCC(=O)C=C1CCC1C2CC[C@]2(C)C(n3nnc4ccccc43)=CCC12. The number of fused-ring (bicyclic) bond motifs is 6. The first-order valence-electron chi connectivity index (χ1n) is 11.3. The number of hydrogen-bond acceptors (Lipinski definition) is 3. The molecular weight excluding hydrogens is 358 g/mol. The van der Waals surface area contributed by atoms with Gasteiger partial charge in [0.05, 0.1) is 5.52 Å². The molecule has 0 N–H and O–H groups in total. The van der Waals surface area contributed by atoms with Crippen molar-refractivity contribution >= 4 is 22.5 Å². The van der Waals surface area contributed by atoms with Crippen molar-refractivity contribution in [3.63, 3.8) is 0 Å². The number of aromatic nitrogens is 3. The molecule has 2 aromatic rings. The summed E-state index contributed by atoms with van der Waals surface area (Å²) in [5.74, 6) is 2.48. The summed E-state index contributed by atoms with van der Waals surface area (Å²) >= 11 is 0. The standard InChI is InChI=1S/C25H29N3O/c1-24-13-11-17(29)15-16(24)7-8-18-19-9-10-23(25(19,2)14-12-20(18)24)28-22-6-4-3-5-21(22)26-27-28/h3-6,10,15,18-20H,7-9,11-14H2,1-2H3/t18?,19?,20?,24-,25-/m0/s1. The average molecular weight is 388 g/mol. The molecule has 4 aliphatic carbocycles. The molecule has 0 bridgehead atoms. The Balaban J connectivity index is 1.37. The van der Waals surface area contributed by atoms with E-state index in [4.69, 9.17) is 0 Å². The van der Waals surface area contributed by atoms with Crippen LogP contribution >= 0.6 is 0 Å². The Hall–Kier alpha value is -2.23. The fourth-order valence-corrected chi connectivity index (χ4v) is 7.48. The smallest absolute Gasteiger partial charge is 0.155 e. The van der Waals surface area contributed by atoms with Crippen molar-refractivity contribution in [3.05, 3.63) is 42.0 Å². The van der Waals surface area contributed by atoms with Crippen LogP contribution in [0.25, 0.3) is 16.7 Å². The second-order valence-corrected chi connectivity index (χ2v) is 10.2. The molecule has 0 amide bonds. The van der Waals surface area contributed by atoms with Gasteiger partial charge in [-0.3, -0.25) is 4.79 Å². The van der Waals surface area contributed by atoms with Gasteiger partial charge in [-0.15, -0.1) is 5.10 Å². The third-order valence-corrected chi connectivity index (χ3v) is 9.08. The number of rotatable bonds is 1. The van der Waals surface area contributed by atoms with Gasteiger partial charge < -0.3 is 0 Å². The van der Waals surface area contributed by atoms with E-state index in [-0.39, 0.29) is 10.8 Å². The van der Waals surface area contributed by atoms with E-state index in [1.165, 1.54) is 30.5 Å². The van der Waals surface area contributed by atoms with Crippen molar-refractivity contribution in [2.24, 2.45) is 28.6 Å². The summed E-state index contributed by atoms with van der Waals surface area (Å²) in [6, 6.07) is 8.29. The van der Waals surface area contributed by atoms with Crippen LogP contribution in [0.2, 0.25) is 0 Å². The molecule has 5 atom stereocenters. The number of carbonyl (C=O) groups is 1. The van der Waals surface area contributed by atoms with Gasteiger partial charge in [-0.05, 0) is 79.9 Å². The van der Waals surface area contributed by atoms with E-state index in [0.717, 1.165) is 42.6 Å². The molecule has 4 heteroatoms. The summed E-state index contributed by atoms with van der Waals surface area (Å²) in [5.41, 5.74) is 5.31. The summed E-state index contributed by atoms with van der Waals surface area (Å²) in [7, 11) is 0. The highest BCUT2D eigenvalue weighted by Gasteiger charge is 2.57. The van der Waals surface area contributed by atoms with E-state index in [1.54, 1.807) is 0 Å². The van der Waals surface area contributed by atoms with Crippen LogP contribution in [0.5, 0.6) is 0 Å². The van der Waals surface area contributed by atoms with Gasteiger partial charge in [0.1, 0.15) is 5.52 Å². The first-order chi connectivity index (χ1) is 14.0. The number of benzene rings is 1. The summed E-state index contributed by atoms with van der Waals surface area (Å²) in [4.78, 5) is 12.0. The lowest BCUT2D eigenvalue weighted by Crippen LogP contribution is -2.50. The quantitative estimate of drug-likeness (QED) is 0.657. The highest BCUT2D eigenvalue weighted by atomic mass is 16.1. The summed E-state index contributed by atoms with van der Waals surface area (Å²) in [5, 5.41) is 8.98. The molecule has 2 fully saturated rings.